The van der Waals surface area contributed by atoms with Gasteiger partial charge >= 0.3 is 6.18 Å². The van der Waals surface area contributed by atoms with Gasteiger partial charge in [0.15, 0.2) is 0 Å². The molecule has 0 radical (unpaired) electrons. The lowest BCUT2D eigenvalue weighted by Gasteiger charge is -2.31. The Morgan fingerprint density at radius 3 is 1.77 bits per heavy atom. The summed E-state index contributed by atoms with van der Waals surface area (Å²) in [6.45, 7) is 3.97. The van der Waals surface area contributed by atoms with E-state index in [-0.39, 0.29) is 0 Å². The summed E-state index contributed by atoms with van der Waals surface area (Å²) in [6.07, 6.45) is 0.479. The second-order valence-corrected chi connectivity index (χ2v) is 5.27. The standard InChI is InChI=1S/C19H19F3/c1-3-14-18(4-2,15-8-6-5-7-9-15)16-10-12-17(13-11-16)19(20,21)22/h3,5-14H,4H2,1-2H3. The van der Waals surface area contributed by atoms with Gasteiger partial charge in [-0.3, -0.25) is 0 Å². The predicted molar refractivity (Wildman–Crippen MR) is 83.8 cm³/mol. The Balaban J connectivity index is 2.56. The first-order chi connectivity index (χ1) is 10.4. The van der Waals surface area contributed by atoms with Gasteiger partial charge in [-0.15, -0.1) is 0 Å². The van der Waals surface area contributed by atoms with Crippen LogP contribution >= 0.6 is 0 Å². The lowest BCUT2D eigenvalue weighted by molar-refractivity contribution is -0.137. The molecule has 0 nitrogen and oxygen atoms in total. The third-order valence-corrected chi connectivity index (χ3v) is 4.03. The minimum atomic E-state index is -4.30. The normalized spacial score (nSPS) is 15.0. The van der Waals surface area contributed by atoms with Gasteiger partial charge in [0, 0.05) is 5.41 Å². The molecule has 2 aromatic rings. The van der Waals surface area contributed by atoms with Crippen LogP contribution in [0, 0.1) is 0 Å². The average molecular weight is 304 g/mol. The fourth-order valence-corrected chi connectivity index (χ4v) is 2.86. The largest absolute Gasteiger partial charge is 0.416 e. The lowest BCUT2D eigenvalue weighted by atomic mass is 9.72. The molecule has 2 aromatic carbocycles. The summed E-state index contributed by atoms with van der Waals surface area (Å²) in [4.78, 5) is 0. The molecule has 0 aliphatic rings. The van der Waals surface area contributed by atoms with Crippen molar-refractivity contribution in [3.63, 3.8) is 0 Å². The van der Waals surface area contributed by atoms with Gasteiger partial charge in [0.1, 0.15) is 0 Å². The third kappa shape index (κ3) is 3.08. The molecule has 0 saturated heterocycles. The molecule has 0 aliphatic carbocycles. The van der Waals surface area contributed by atoms with Gasteiger partial charge in [-0.2, -0.15) is 13.2 Å². The summed E-state index contributed by atoms with van der Waals surface area (Å²) in [7, 11) is 0. The first kappa shape index (κ1) is 16.3. The molecule has 3 heteroatoms. The first-order valence-corrected chi connectivity index (χ1v) is 7.31. The highest BCUT2D eigenvalue weighted by atomic mass is 19.4. The Bertz CT molecular complexity index is 624. The van der Waals surface area contributed by atoms with Gasteiger partial charge in [0.25, 0.3) is 0 Å². The molecule has 0 heterocycles. The van der Waals surface area contributed by atoms with Crippen molar-refractivity contribution in [2.45, 2.75) is 31.9 Å². The highest BCUT2D eigenvalue weighted by Gasteiger charge is 2.33. The second kappa shape index (κ2) is 6.39. The highest BCUT2D eigenvalue weighted by Crippen LogP contribution is 2.38. The topological polar surface area (TPSA) is 0 Å². The summed E-state index contributed by atoms with van der Waals surface area (Å²) in [5.41, 5.74) is 0.928. The lowest BCUT2D eigenvalue weighted by Crippen LogP contribution is -2.24. The van der Waals surface area contributed by atoms with Crippen molar-refractivity contribution in [1.82, 2.24) is 0 Å². The molecule has 0 spiro atoms. The quantitative estimate of drug-likeness (QED) is 0.610. The van der Waals surface area contributed by atoms with Crippen molar-refractivity contribution < 1.29 is 13.2 Å². The number of rotatable bonds is 4. The number of allylic oxidation sites excluding steroid dienone is 2. The smallest absolute Gasteiger partial charge is 0.166 e. The SMILES string of the molecule is CC=CC(CC)(c1ccccc1)c1ccc(C(F)(F)F)cc1. The van der Waals surface area contributed by atoms with E-state index in [2.05, 4.69) is 6.08 Å². The molecule has 0 saturated carbocycles. The molecule has 2 rings (SSSR count). The van der Waals surface area contributed by atoms with Crippen LogP contribution in [0.25, 0.3) is 0 Å². The zero-order chi connectivity index (χ0) is 16.2. The van der Waals surface area contributed by atoms with Crippen molar-refractivity contribution in [2.24, 2.45) is 0 Å². The van der Waals surface area contributed by atoms with Gasteiger partial charge in [0.2, 0.25) is 0 Å². The highest BCUT2D eigenvalue weighted by molar-refractivity contribution is 5.45. The fourth-order valence-electron chi connectivity index (χ4n) is 2.86. The third-order valence-electron chi connectivity index (χ3n) is 4.03. The summed E-state index contributed by atoms with van der Waals surface area (Å²) in [5, 5.41) is 0. The van der Waals surface area contributed by atoms with Gasteiger partial charge in [-0.05, 0) is 36.6 Å². The van der Waals surface area contributed by atoms with Crippen LogP contribution in [0.3, 0.4) is 0 Å². The van der Waals surface area contributed by atoms with E-state index >= 15 is 0 Å². The minimum Gasteiger partial charge on any atom is -0.166 e. The van der Waals surface area contributed by atoms with Gasteiger partial charge < -0.3 is 0 Å². The molecular weight excluding hydrogens is 285 g/mol. The van der Waals surface area contributed by atoms with E-state index in [0.29, 0.717) is 0 Å². The Labute approximate surface area is 129 Å². The van der Waals surface area contributed by atoms with Crippen LogP contribution in [-0.2, 0) is 11.6 Å². The molecule has 0 N–H and O–H groups in total. The van der Waals surface area contributed by atoms with Crippen molar-refractivity contribution in [3.8, 4) is 0 Å². The Hall–Kier alpha value is -2.03. The van der Waals surface area contributed by atoms with Crippen molar-refractivity contribution in [2.75, 3.05) is 0 Å². The number of alkyl halides is 3. The molecule has 0 aliphatic heterocycles. The summed E-state index contributed by atoms with van der Waals surface area (Å²) >= 11 is 0. The monoisotopic (exact) mass is 304 g/mol. The van der Waals surface area contributed by atoms with E-state index in [1.54, 1.807) is 12.1 Å². The summed E-state index contributed by atoms with van der Waals surface area (Å²) in [5.74, 6) is 0. The van der Waals surface area contributed by atoms with Crippen LogP contribution in [-0.4, -0.2) is 0 Å². The molecule has 0 fully saturated rings. The van der Waals surface area contributed by atoms with Gasteiger partial charge in [-0.25, -0.2) is 0 Å². The Morgan fingerprint density at radius 1 is 0.818 bits per heavy atom. The van der Waals surface area contributed by atoms with E-state index in [4.69, 9.17) is 0 Å². The van der Waals surface area contributed by atoms with Crippen molar-refractivity contribution >= 4 is 0 Å². The number of benzene rings is 2. The summed E-state index contributed by atoms with van der Waals surface area (Å²) in [6, 6.07) is 15.4. The maximum absolute atomic E-state index is 12.8. The van der Waals surface area contributed by atoms with Gasteiger partial charge in [-0.1, -0.05) is 61.5 Å². The van der Waals surface area contributed by atoms with E-state index in [1.807, 2.05) is 50.3 Å². The van der Waals surface area contributed by atoms with Crippen LogP contribution in [0.15, 0.2) is 66.7 Å². The van der Waals surface area contributed by atoms with Crippen LogP contribution < -0.4 is 0 Å². The molecule has 0 bridgehead atoms. The van der Waals surface area contributed by atoms with E-state index in [9.17, 15) is 13.2 Å². The fraction of sp³-hybridized carbons (Fsp3) is 0.263. The summed E-state index contributed by atoms with van der Waals surface area (Å²) < 4.78 is 38.3. The predicted octanol–water partition coefficient (Wildman–Crippen LogP) is 5.98. The van der Waals surface area contributed by atoms with Crippen LogP contribution in [0.4, 0.5) is 13.2 Å². The molecule has 116 valence electrons. The molecular formula is C19H19F3. The Morgan fingerprint density at radius 2 is 1.32 bits per heavy atom. The maximum Gasteiger partial charge on any atom is 0.416 e. The zero-order valence-electron chi connectivity index (χ0n) is 12.7. The first-order valence-electron chi connectivity index (χ1n) is 7.31. The molecule has 0 amide bonds. The van der Waals surface area contributed by atoms with E-state index in [1.165, 1.54) is 0 Å². The maximum atomic E-state index is 12.8. The number of hydrogen-bond acceptors (Lipinski definition) is 0. The number of hydrogen-bond donors (Lipinski definition) is 0. The zero-order valence-corrected chi connectivity index (χ0v) is 12.7. The molecule has 1 unspecified atom stereocenters. The second-order valence-electron chi connectivity index (χ2n) is 5.27. The van der Waals surface area contributed by atoms with E-state index in [0.717, 1.165) is 29.7 Å². The van der Waals surface area contributed by atoms with Crippen LogP contribution in [0.5, 0.6) is 0 Å². The average Bonchev–Trinajstić information content (AvgIpc) is 2.53. The molecule has 1 atom stereocenters. The van der Waals surface area contributed by atoms with Crippen LogP contribution in [0.2, 0.25) is 0 Å². The molecule has 22 heavy (non-hydrogen) atoms. The van der Waals surface area contributed by atoms with Crippen molar-refractivity contribution in [1.29, 1.82) is 0 Å². The number of halogens is 3. The van der Waals surface area contributed by atoms with E-state index < -0.39 is 17.2 Å². The molecule has 0 aromatic heterocycles. The van der Waals surface area contributed by atoms with Gasteiger partial charge in [0.05, 0.1) is 5.56 Å². The van der Waals surface area contributed by atoms with Crippen molar-refractivity contribution in [3.05, 3.63) is 83.4 Å². The van der Waals surface area contributed by atoms with Crippen LogP contribution in [0.1, 0.15) is 37.0 Å². The Kier molecular flexibility index (Phi) is 4.74. The minimum absolute atomic E-state index is 0.403.